The maximum atomic E-state index is 12.8. The number of Topliss-reactive ketones (excluding diaryl/α,β-unsaturated/α-hetero) is 1. The van der Waals surface area contributed by atoms with E-state index in [1.165, 1.54) is 26.2 Å². The smallest absolute Gasteiger partial charge is 0.387 e. The van der Waals surface area contributed by atoms with Crippen molar-refractivity contribution in [3.63, 3.8) is 0 Å². The molecule has 0 bridgehead atoms. The van der Waals surface area contributed by atoms with Gasteiger partial charge in [0.05, 0.1) is 18.8 Å². The normalized spacial score (nSPS) is 16.3. The zero-order valence-electron chi connectivity index (χ0n) is 16.1. The molecule has 0 amide bonds. The Hall–Kier alpha value is -3.00. The standard InChI is InChI=1S/C21H20F2N2O3S/c1-11-4-6-13(7-5-11)18-17(12(2)26)19(25-21(29)24-18)14-8-9-15(27-3)16(10-14)28-20(22)23/h4-10,19-20H,1-3H3,(H2,24,25,29)/t19-/m1/s1. The Kier molecular flexibility index (Phi) is 6.12. The first-order valence-corrected chi connectivity index (χ1v) is 9.23. The van der Waals surface area contributed by atoms with Gasteiger partial charge in [-0.3, -0.25) is 4.79 Å². The van der Waals surface area contributed by atoms with Gasteiger partial charge in [-0.05, 0) is 49.3 Å². The van der Waals surface area contributed by atoms with Crippen molar-refractivity contribution >= 4 is 28.8 Å². The number of carbonyl (C=O) groups is 1. The molecule has 0 aliphatic carbocycles. The third-order valence-electron chi connectivity index (χ3n) is 4.53. The lowest BCUT2D eigenvalue weighted by Gasteiger charge is -2.31. The van der Waals surface area contributed by atoms with Gasteiger partial charge in [-0.15, -0.1) is 0 Å². The van der Waals surface area contributed by atoms with Crippen LogP contribution in [0.25, 0.3) is 5.70 Å². The van der Waals surface area contributed by atoms with Gasteiger partial charge in [-0.2, -0.15) is 8.78 Å². The number of thiocarbonyl (C=S) groups is 1. The van der Waals surface area contributed by atoms with Gasteiger partial charge in [0.1, 0.15) is 0 Å². The Bertz CT molecular complexity index is 974. The van der Waals surface area contributed by atoms with Crippen molar-refractivity contribution in [3.8, 4) is 11.5 Å². The van der Waals surface area contributed by atoms with Crippen molar-refractivity contribution in [3.05, 3.63) is 64.7 Å². The molecule has 0 unspecified atom stereocenters. The molecule has 0 saturated heterocycles. The number of ether oxygens (including phenoxy) is 2. The number of carbonyl (C=O) groups excluding carboxylic acids is 1. The summed E-state index contributed by atoms with van der Waals surface area (Å²) in [5.74, 6) is -0.135. The molecule has 152 valence electrons. The van der Waals surface area contributed by atoms with Gasteiger partial charge >= 0.3 is 6.61 Å². The van der Waals surface area contributed by atoms with E-state index in [-0.39, 0.29) is 17.3 Å². The van der Waals surface area contributed by atoms with Crippen LogP contribution in [0.5, 0.6) is 11.5 Å². The molecule has 0 radical (unpaired) electrons. The molecule has 2 aromatic rings. The fraction of sp³-hybridized carbons (Fsp3) is 0.238. The Labute approximate surface area is 172 Å². The van der Waals surface area contributed by atoms with Crippen molar-refractivity contribution in [2.45, 2.75) is 26.5 Å². The fourth-order valence-electron chi connectivity index (χ4n) is 3.20. The molecule has 0 aromatic heterocycles. The molecule has 8 heteroatoms. The molecule has 0 saturated carbocycles. The number of rotatable bonds is 6. The van der Waals surface area contributed by atoms with Crippen LogP contribution >= 0.6 is 12.2 Å². The SMILES string of the molecule is COc1ccc([C@H]2NC(=S)NC(c3ccc(C)cc3)=C2C(C)=O)cc1OC(F)F. The second-order valence-corrected chi connectivity index (χ2v) is 6.94. The third-order valence-corrected chi connectivity index (χ3v) is 4.75. The Morgan fingerprint density at radius 3 is 2.41 bits per heavy atom. The number of methoxy groups -OCH3 is 1. The highest BCUT2D eigenvalue weighted by Crippen LogP contribution is 2.36. The van der Waals surface area contributed by atoms with Crippen molar-refractivity contribution in [1.82, 2.24) is 10.6 Å². The zero-order valence-corrected chi connectivity index (χ0v) is 16.9. The number of hydrogen-bond donors (Lipinski definition) is 2. The second-order valence-electron chi connectivity index (χ2n) is 6.53. The highest BCUT2D eigenvalue weighted by molar-refractivity contribution is 7.80. The van der Waals surface area contributed by atoms with Crippen LogP contribution in [0, 0.1) is 6.92 Å². The lowest BCUT2D eigenvalue weighted by atomic mass is 9.90. The Balaban J connectivity index is 2.14. The van der Waals surface area contributed by atoms with Gasteiger partial charge in [-0.1, -0.05) is 35.9 Å². The van der Waals surface area contributed by atoms with E-state index in [1.54, 1.807) is 6.07 Å². The fourth-order valence-corrected chi connectivity index (χ4v) is 3.42. The summed E-state index contributed by atoms with van der Waals surface area (Å²) in [6.07, 6.45) is 0. The summed E-state index contributed by atoms with van der Waals surface area (Å²) in [7, 11) is 1.36. The van der Waals surface area contributed by atoms with Crippen LogP contribution in [-0.4, -0.2) is 24.6 Å². The van der Waals surface area contributed by atoms with Gasteiger partial charge in [0.15, 0.2) is 22.4 Å². The molecule has 1 heterocycles. The predicted octanol–water partition coefficient (Wildman–Crippen LogP) is 4.12. The van der Waals surface area contributed by atoms with Crippen LogP contribution in [0.4, 0.5) is 8.78 Å². The quantitative estimate of drug-likeness (QED) is 0.688. The maximum Gasteiger partial charge on any atom is 0.387 e. The summed E-state index contributed by atoms with van der Waals surface area (Å²) >= 11 is 5.33. The summed E-state index contributed by atoms with van der Waals surface area (Å²) in [5.41, 5.74) is 3.44. The van der Waals surface area contributed by atoms with E-state index >= 15 is 0 Å². The minimum absolute atomic E-state index is 0.119. The van der Waals surface area contributed by atoms with E-state index < -0.39 is 12.7 Å². The summed E-state index contributed by atoms with van der Waals surface area (Å²) in [6.45, 7) is 0.413. The van der Waals surface area contributed by atoms with Crippen LogP contribution in [0.15, 0.2) is 48.0 Å². The van der Waals surface area contributed by atoms with E-state index in [4.69, 9.17) is 17.0 Å². The summed E-state index contributed by atoms with van der Waals surface area (Å²) in [6, 6.07) is 11.6. The van der Waals surface area contributed by atoms with E-state index in [1.807, 2.05) is 31.2 Å². The molecule has 1 aliphatic rings. The molecule has 2 N–H and O–H groups in total. The average molecular weight is 418 g/mol. The minimum Gasteiger partial charge on any atom is -0.493 e. The molecule has 2 aromatic carbocycles. The molecular weight excluding hydrogens is 398 g/mol. The lowest BCUT2D eigenvalue weighted by Crippen LogP contribution is -2.44. The minimum atomic E-state index is -3.01. The molecule has 3 rings (SSSR count). The Morgan fingerprint density at radius 2 is 1.83 bits per heavy atom. The second kappa shape index (κ2) is 8.57. The molecule has 29 heavy (non-hydrogen) atoms. The number of benzene rings is 2. The van der Waals surface area contributed by atoms with Crippen molar-refractivity contribution in [2.24, 2.45) is 0 Å². The van der Waals surface area contributed by atoms with Crippen LogP contribution < -0.4 is 20.1 Å². The van der Waals surface area contributed by atoms with Crippen molar-refractivity contribution < 1.29 is 23.0 Å². The number of hydrogen-bond acceptors (Lipinski definition) is 4. The van der Waals surface area contributed by atoms with Crippen molar-refractivity contribution in [1.29, 1.82) is 0 Å². The molecule has 5 nitrogen and oxygen atoms in total. The van der Waals surface area contributed by atoms with Crippen molar-refractivity contribution in [2.75, 3.05) is 7.11 Å². The molecule has 1 aliphatic heterocycles. The number of halogens is 2. The van der Waals surface area contributed by atoms with E-state index in [2.05, 4.69) is 15.4 Å². The van der Waals surface area contributed by atoms with E-state index in [0.29, 0.717) is 21.9 Å². The van der Waals surface area contributed by atoms with Gasteiger partial charge in [0, 0.05) is 5.57 Å². The molecule has 0 fully saturated rings. The predicted molar refractivity (Wildman–Crippen MR) is 110 cm³/mol. The lowest BCUT2D eigenvalue weighted by molar-refractivity contribution is -0.113. The van der Waals surface area contributed by atoms with E-state index in [0.717, 1.165) is 11.1 Å². The summed E-state index contributed by atoms with van der Waals surface area (Å²) in [4.78, 5) is 12.6. The van der Waals surface area contributed by atoms with Gasteiger partial charge in [0.25, 0.3) is 0 Å². The van der Waals surface area contributed by atoms with Crippen LogP contribution in [0.1, 0.15) is 29.7 Å². The van der Waals surface area contributed by atoms with Gasteiger partial charge in [0.2, 0.25) is 0 Å². The van der Waals surface area contributed by atoms with E-state index in [9.17, 15) is 13.6 Å². The summed E-state index contributed by atoms with van der Waals surface area (Å²) in [5, 5.41) is 6.43. The maximum absolute atomic E-state index is 12.8. The third kappa shape index (κ3) is 4.54. The van der Waals surface area contributed by atoms with Gasteiger partial charge < -0.3 is 20.1 Å². The Morgan fingerprint density at radius 1 is 1.14 bits per heavy atom. The number of alkyl halides is 2. The first kappa shape index (κ1) is 20.7. The molecule has 0 spiro atoms. The number of aryl methyl sites for hydroxylation is 1. The average Bonchev–Trinajstić information content (AvgIpc) is 2.67. The number of nitrogens with one attached hydrogen (secondary N) is 2. The van der Waals surface area contributed by atoms with Crippen LogP contribution in [0.3, 0.4) is 0 Å². The highest BCUT2D eigenvalue weighted by atomic mass is 32.1. The molecule has 1 atom stereocenters. The number of ketones is 1. The summed E-state index contributed by atoms with van der Waals surface area (Å²) < 4.78 is 35.3. The van der Waals surface area contributed by atoms with Crippen LogP contribution in [0.2, 0.25) is 0 Å². The molecular formula is C21H20F2N2O3S. The topological polar surface area (TPSA) is 59.6 Å². The first-order chi connectivity index (χ1) is 13.8. The monoisotopic (exact) mass is 418 g/mol. The van der Waals surface area contributed by atoms with Crippen LogP contribution in [-0.2, 0) is 4.79 Å². The van der Waals surface area contributed by atoms with Gasteiger partial charge in [-0.25, -0.2) is 0 Å². The zero-order chi connectivity index (χ0) is 21.1. The highest BCUT2D eigenvalue weighted by Gasteiger charge is 2.31. The first-order valence-electron chi connectivity index (χ1n) is 8.82. The largest absolute Gasteiger partial charge is 0.493 e.